The van der Waals surface area contributed by atoms with Crippen molar-refractivity contribution < 1.29 is 9.53 Å². The molecule has 1 amide bonds. The number of benzene rings is 1. The number of carbonyl (C=O) groups excluding carboxylic acids is 1. The van der Waals surface area contributed by atoms with E-state index >= 15 is 0 Å². The summed E-state index contributed by atoms with van der Waals surface area (Å²) in [6.45, 7) is 4.45. The highest BCUT2D eigenvalue weighted by Gasteiger charge is 2.19. The number of rotatable bonds is 9. The van der Waals surface area contributed by atoms with Crippen LogP contribution in [-0.2, 0) is 13.1 Å². The van der Waals surface area contributed by atoms with Gasteiger partial charge in [-0.2, -0.15) is 0 Å². The molecule has 5 nitrogen and oxygen atoms in total. The Labute approximate surface area is 176 Å². The molecule has 0 atom stereocenters. The SMILES string of the molecule is Cc1ccc(C(=O)N(Cc2cccc(OCCN(C)C)c2)Cc2ccccn2)s1. The Morgan fingerprint density at radius 1 is 1.07 bits per heavy atom. The molecule has 2 heterocycles. The molecular formula is C23H27N3O2S. The number of aromatic nitrogens is 1. The number of thiophene rings is 1. The highest BCUT2D eigenvalue weighted by atomic mass is 32.1. The summed E-state index contributed by atoms with van der Waals surface area (Å²) < 4.78 is 5.85. The topological polar surface area (TPSA) is 45.7 Å². The van der Waals surface area contributed by atoms with Crippen molar-refractivity contribution in [3.05, 3.63) is 81.8 Å². The predicted molar refractivity (Wildman–Crippen MR) is 117 cm³/mol. The highest BCUT2D eigenvalue weighted by molar-refractivity contribution is 7.13. The summed E-state index contributed by atoms with van der Waals surface area (Å²) in [4.78, 5) is 23.4. The Balaban J connectivity index is 1.76. The number of aryl methyl sites for hydroxylation is 1. The summed E-state index contributed by atoms with van der Waals surface area (Å²) in [6, 6.07) is 17.6. The number of likely N-dealkylation sites (N-methyl/N-ethyl adjacent to an activating group) is 1. The molecule has 0 aliphatic carbocycles. The summed E-state index contributed by atoms with van der Waals surface area (Å²) in [7, 11) is 4.04. The van der Waals surface area contributed by atoms with Gasteiger partial charge in [-0.3, -0.25) is 9.78 Å². The molecule has 0 saturated carbocycles. The van der Waals surface area contributed by atoms with Crippen LogP contribution in [0.1, 0.15) is 25.8 Å². The van der Waals surface area contributed by atoms with Gasteiger partial charge in [0.15, 0.2) is 0 Å². The van der Waals surface area contributed by atoms with Crippen molar-refractivity contribution in [3.8, 4) is 5.75 Å². The lowest BCUT2D eigenvalue weighted by Gasteiger charge is -2.22. The summed E-state index contributed by atoms with van der Waals surface area (Å²) >= 11 is 1.52. The van der Waals surface area contributed by atoms with E-state index in [4.69, 9.17) is 4.74 Å². The molecule has 3 aromatic rings. The molecular weight excluding hydrogens is 382 g/mol. The average molecular weight is 410 g/mol. The van der Waals surface area contributed by atoms with E-state index in [2.05, 4.69) is 9.88 Å². The molecule has 29 heavy (non-hydrogen) atoms. The minimum Gasteiger partial charge on any atom is -0.492 e. The maximum Gasteiger partial charge on any atom is 0.264 e. The van der Waals surface area contributed by atoms with Crippen LogP contribution < -0.4 is 4.74 Å². The summed E-state index contributed by atoms with van der Waals surface area (Å²) in [6.07, 6.45) is 1.76. The van der Waals surface area contributed by atoms with E-state index in [-0.39, 0.29) is 5.91 Å². The summed E-state index contributed by atoms with van der Waals surface area (Å²) in [5, 5.41) is 0. The second-order valence-electron chi connectivity index (χ2n) is 7.19. The molecule has 152 valence electrons. The van der Waals surface area contributed by atoms with E-state index in [0.29, 0.717) is 19.7 Å². The fraction of sp³-hybridized carbons (Fsp3) is 0.304. The van der Waals surface area contributed by atoms with Gasteiger partial charge in [0, 0.05) is 24.2 Å². The quantitative estimate of drug-likeness (QED) is 0.530. The second kappa shape index (κ2) is 10.2. The zero-order valence-electron chi connectivity index (χ0n) is 17.2. The van der Waals surface area contributed by atoms with Gasteiger partial charge in [0.2, 0.25) is 0 Å². The van der Waals surface area contributed by atoms with Crippen LogP contribution in [0.5, 0.6) is 5.75 Å². The lowest BCUT2D eigenvalue weighted by atomic mass is 10.2. The third-order valence-corrected chi connectivity index (χ3v) is 5.39. The first-order valence-corrected chi connectivity index (χ1v) is 10.4. The molecule has 0 bridgehead atoms. The number of pyridine rings is 1. The fourth-order valence-corrected chi connectivity index (χ4v) is 3.73. The second-order valence-corrected chi connectivity index (χ2v) is 8.48. The molecule has 2 aromatic heterocycles. The van der Waals surface area contributed by atoms with Gasteiger partial charge in [0.25, 0.3) is 5.91 Å². The first-order chi connectivity index (χ1) is 14.0. The Hall–Kier alpha value is -2.70. The lowest BCUT2D eigenvalue weighted by molar-refractivity contribution is 0.0732. The molecule has 0 saturated heterocycles. The van der Waals surface area contributed by atoms with Crippen LogP contribution in [0.25, 0.3) is 0 Å². The molecule has 0 fully saturated rings. The van der Waals surface area contributed by atoms with Gasteiger partial charge in [0.05, 0.1) is 17.1 Å². The Morgan fingerprint density at radius 3 is 2.62 bits per heavy atom. The van der Waals surface area contributed by atoms with Gasteiger partial charge in [-0.05, 0) is 63.0 Å². The first-order valence-electron chi connectivity index (χ1n) is 9.63. The number of ether oxygens (including phenoxy) is 1. The van der Waals surface area contributed by atoms with Crippen molar-refractivity contribution in [1.29, 1.82) is 0 Å². The maximum atomic E-state index is 13.2. The van der Waals surface area contributed by atoms with Crippen LogP contribution in [0, 0.1) is 6.92 Å². The molecule has 0 aliphatic rings. The highest BCUT2D eigenvalue weighted by Crippen LogP contribution is 2.21. The lowest BCUT2D eigenvalue weighted by Crippen LogP contribution is -2.30. The van der Waals surface area contributed by atoms with Crippen molar-refractivity contribution in [2.24, 2.45) is 0 Å². The molecule has 0 aliphatic heterocycles. The number of hydrogen-bond donors (Lipinski definition) is 0. The summed E-state index contributed by atoms with van der Waals surface area (Å²) in [5.74, 6) is 0.842. The molecule has 6 heteroatoms. The Morgan fingerprint density at radius 2 is 1.93 bits per heavy atom. The minimum atomic E-state index is 0.0210. The Kier molecular flexibility index (Phi) is 7.38. The molecule has 0 unspecified atom stereocenters. The third-order valence-electron chi connectivity index (χ3n) is 4.40. The molecule has 0 N–H and O–H groups in total. The van der Waals surface area contributed by atoms with Crippen molar-refractivity contribution in [2.45, 2.75) is 20.0 Å². The van der Waals surface area contributed by atoms with Gasteiger partial charge in [-0.15, -0.1) is 11.3 Å². The van der Waals surface area contributed by atoms with E-state index in [1.807, 2.05) is 80.5 Å². The van der Waals surface area contributed by atoms with E-state index in [1.165, 1.54) is 11.3 Å². The zero-order chi connectivity index (χ0) is 20.6. The van der Waals surface area contributed by atoms with Crippen molar-refractivity contribution >= 4 is 17.2 Å². The maximum absolute atomic E-state index is 13.2. The average Bonchev–Trinajstić information content (AvgIpc) is 3.14. The molecule has 0 spiro atoms. The Bertz CT molecular complexity index is 925. The van der Waals surface area contributed by atoms with E-state index in [1.54, 1.807) is 6.20 Å². The number of hydrogen-bond acceptors (Lipinski definition) is 5. The van der Waals surface area contributed by atoms with Gasteiger partial charge >= 0.3 is 0 Å². The van der Waals surface area contributed by atoms with Crippen molar-refractivity contribution in [3.63, 3.8) is 0 Å². The molecule has 3 rings (SSSR count). The van der Waals surface area contributed by atoms with Gasteiger partial charge in [0.1, 0.15) is 12.4 Å². The van der Waals surface area contributed by atoms with Gasteiger partial charge < -0.3 is 14.5 Å². The number of amides is 1. The third kappa shape index (κ3) is 6.41. The largest absolute Gasteiger partial charge is 0.492 e. The first kappa shape index (κ1) is 21.0. The van der Waals surface area contributed by atoms with Crippen LogP contribution >= 0.6 is 11.3 Å². The van der Waals surface area contributed by atoms with E-state index < -0.39 is 0 Å². The predicted octanol–water partition coefficient (Wildman–Crippen LogP) is 4.23. The fourth-order valence-electron chi connectivity index (χ4n) is 2.89. The van der Waals surface area contributed by atoms with Crippen LogP contribution in [-0.4, -0.2) is 47.9 Å². The van der Waals surface area contributed by atoms with Crippen molar-refractivity contribution in [2.75, 3.05) is 27.2 Å². The molecule has 1 aromatic carbocycles. The smallest absolute Gasteiger partial charge is 0.264 e. The number of carbonyl (C=O) groups is 1. The van der Waals surface area contributed by atoms with E-state index in [9.17, 15) is 4.79 Å². The standard InChI is InChI=1S/C23H27N3O2S/c1-18-10-11-22(29-18)23(27)26(17-20-8-4-5-12-24-20)16-19-7-6-9-21(15-19)28-14-13-25(2)3/h4-12,15H,13-14,16-17H2,1-3H3. The zero-order valence-corrected chi connectivity index (χ0v) is 18.0. The van der Waals surface area contributed by atoms with E-state index in [0.717, 1.165) is 33.3 Å². The normalized spacial score (nSPS) is 10.9. The van der Waals surface area contributed by atoms with Crippen LogP contribution in [0.3, 0.4) is 0 Å². The van der Waals surface area contributed by atoms with Gasteiger partial charge in [-0.25, -0.2) is 0 Å². The van der Waals surface area contributed by atoms with Gasteiger partial charge in [-0.1, -0.05) is 18.2 Å². The molecule has 0 radical (unpaired) electrons. The van der Waals surface area contributed by atoms with Crippen LogP contribution in [0.4, 0.5) is 0 Å². The number of nitrogens with zero attached hydrogens (tertiary/aromatic N) is 3. The minimum absolute atomic E-state index is 0.0210. The van der Waals surface area contributed by atoms with Crippen LogP contribution in [0.2, 0.25) is 0 Å². The van der Waals surface area contributed by atoms with Crippen molar-refractivity contribution in [1.82, 2.24) is 14.8 Å². The summed E-state index contributed by atoms with van der Waals surface area (Å²) in [5.41, 5.74) is 1.90. The van der Waals surface area contributed by atoms with Crippen LogP contribution in [0.15, 0.2) is 60.8 Å². The monoisotopic (exact) mass is 409 g/mol.